The van der Waals surface area contributed by atoms with Crippen molar-refractivity contribution < 1.29 is 13.2 Å². The number of halogens is 3. The van der Waals surface area contributed by atoms with Gasteiger partial charge < -0.3 is 10.3 Å². The van der Waals surface area contributed by atoms with Gasteiger partial charge in [0.25, 0.3) is 0 Å². The molecule has 2 N–H and O–H groups in total. The lowest BCUT2D eigenvalue weighted by Crippen LogP contribution is -2.35. The Kier molecular flexibility index (Phi) is 3.24. The van der Waals surface area contributed by atoms with E-state index in [1.165, 1.54) is 6.07 Å². The summed E-state index contributed by atoms with van der Waals surface area (Å²) in [6, 6.07) is 3.67. The van der Waals surface area contributed by atoms with E-state index in [4.69, 9.17) is 0 Å². The topological polar surface area (TPSA) is 40.7 Å². The van der Waals surface area contributed by atoms with E-state index in [9.17, 15) is 13.2 Å². The molecule has 1 fully saturated rings. The second kappa shape index (κ2) is 4.73. The normalized spacial score (nSPS) is 23.3. The smallest absolute Gasteiger partial charge is 0.341 e. The highest BCUT2D eigenvalue weighted by molar-refractivity contribution is 5.76. The van der Waals surface area contributed by atoms with Crippen molar-refractivity contribution in [3.05, 3.63) is 29.6 Å². The summed E-state index contributed by atoms with van der Waals surface area (Å²) in [7, 11) is 0. The van der Waals surface area contributed by atoms with E-state index in [-0.39, 0.29) is 5.41 Å². The molecule has 0 radical (unpaired) electrons. The van der Waals surface area contributed by atoms with Crippen molar-refractivity contribution in [3.63, 3.8) is 0 Å². The Balaban J connectivity index is 2.09. The summed E-state index contributed by atoms with van der Waals surface area (Å²) in [5, 5.41) is 3.33. The maximum Gasteiger partial charge on any atom is 0.416 e. The Hall–Kier alpha value is -1.56. The SMILES string of the molecule is CC(C)C1(c2nc3ccc(C(F)(F)F)cc3[nH]2)CCNC1. The minimum Gasteiger partial charge on any atom is -0.341 e. The number of aromatic amines is 1. The number of rotatable bonds is 2. The molecule has 21 heavy (non-hydrogen) atoms. The predicted molar refractivity (Wildman–Crippen MR) is 75.1 cm³/mol. The van der Waals surface area contributed by atoms with Crippen LogP contribution in [0.4, 0.5) is 13.2 Å². The number of H-pyrrole nitrogens is 1. The molecule has 0 bridgehead atoms. The van der Waals surface area contributed by atoms with Crippen LogP contribution in [-0.2, 0) is 11.6 Å². The van der Waals surface area contributed by atoms with Crippen molar-refractivity contribution in [1.29, 1.82) is 0 Å². The average molecular weight is 297 g/mol. The molecule has 1 unspecified atom stereocenters. The molecule has 3 rings (SSSR count). The second-order valence-corrected chi connectivity index (χ2v) is 6.05. The number of alkyl halides is 3. The maximum atomic E-state index is 12.8. The van der Waals surface area contributed by atoms with Crippen LogP contribution in [-0.4, -0.2) is 23.1 Å². The first-order valence-corrected chi connectivity index (χ1v) is 7.11. The van der Waals surface area contributed by atoms with Crippen LogP contribution in [0.2, 0.25) is 0 Å². The Bertz CT molecular complexity index is 652. The molecule has 2 heterocycles. The van der Waals surface area contributed by atoms with Crippen LogP contribution in [0.3, 0.4) is 0 Å². The fourth-order valence-corrected chi connectivity index (χ4v) is 3.10. The molecular formula is C15H18F3N3. The monoisotopic (exact) mass is 297 g/mol. The van der Waals surface area contributed by atoms with Gasteiger partial charge in [0.2, 0.25) is 0 Å². The Morgan fingerprint density at radius 3 is 2.62 bits per heavy atom. The van der Waals surface area contributed by atoms with Crippen LogP contribution in [0.25, 0.3) is 11.0 Å². The van der Waals surface area contributed by atoms with Gasteiger partial charge >= 0.3 is 6.18 Å². The number of imidazole rings is 1. The number of hydrogen-bond acceptors (Lipinski definition) is 2. The summed E-state index contributed by atoms with van der Waals surface area (Å²) in [6.45, 7) is 5.96. The van der Waals surface area contributed by atoms with Gasteiger partial charge in [-0.15, -0.1) is 0 Å². The van der Waals surface area contributed by atoms with Gasteiger partial charge in [-0.05, 0) is 37.1 Å². The minimum atomic E-state index is -4.33. The van der Waals surface area contributed by atoms with E-state index in [2.05, 4.69) is 29.1 Å². The van der Waals surface area contributed by atoms with Gasteiger partial charge in [0.15, 0.2) is 0 Å². The number of hydrogen-bond donors (Lipinski definition) is 2. The molecule has 1 aromatic heterocycles. The van der Waals surface area contributed by atoms with Crippen molar-refractivity contribution in [2.75, 3.05) is 13.1 Å². The molecule has 1 saturated heterocycles. The second-order valence-electron chi connectivity index (χ2n) is 6.05. The third-order valence-corrected chi connectivity index (χ3v) is 4.57. The zero-order valence-electron chi connectivity index (χ0n) is 12.0. The minimum absolute atomic E-state index is 0.128. The van der Waals surface area contributed by atoms with Crippen LogP contribution in [0.1, 0.15) is 31.7 Å². The van der Waals surface area contributed by atoms with Crippen LogP contribution in [0.15, 0.2) is 18.2 Å². The molecule has 1 aromatic carbocycles. The van der Waals surface area contributed by atoms with Crippen LogP contribution < -0.4 is 5.32 Å². The van der Waals surface area contributed by atoms with Crippen LogP contribution in [0, 0.1) is 5.92 Å². The third kappa shape index (κ3) is 2.31. The fourth-order valence-electron chi connectivity index (χ4n) is 3.10. The van der Waals surface area contributed by atoms with Gasteiger partial charge in [-0.25, -0.2) is 4.98 Å². The van der Waals surface area contributed by atoms with Gasteiger partial charge in [0, 0.05) is 12.0 Å². The van der Waals surface area contributed by atoms with Gasteiger partial charge in [-0.2, -0.15) is 13.2 Å². The Morgan fingerprint density at radius 2 is 2.05 bits per heavy atom. The fraction of sp³-hybridized carbons (Fsp3) is 0.533. The number of fused-ring (bicyclic) bond motifs is 1. The first-order valence-electron chi connectivity index (χ1n) is 7.11. The van der Waals surface area contributed by atoms with E-state index in [1.54, 1.807) is 0 Å². The van der Waals surface area contributed by atoms with E-state index in [1.807, 2.05) is 0 Å². The molecule has 0 spiro atoms. The summed E-state index contributed by atoms with van der Waals surface area (Å²) >= 11 is 0. The average Bonchev–Trinajstić information content (AvgIpc) is 3.04. The Morgan fingerprint density at radius 1 is 1.29 bits per heavy atom. The first kappa shape index (κ1) is 14.4. The van der Waals surface area contributed by atoms with Crippen LogP contribution in [0.5, 0.6) is 0 Å². The largest absolute Gasteiger partial charge is 0.416 e. The standard InChI is InChI=1S/C15H18F3N3/c1-9(2)14(5-6-19-8-14)13-20-11-4-3-10(15(16,17)18)7-12(11)21-13/h3-4,7,9,19H,5-6,8H2,1-2H3,(H,20,21). The summed E-state index contributed by atoms with van der Waals surface area (Å²) in [5.41, 5.74) is 0.266. The molecule has 0 amide bonds. The first-order chi connectivity index (χ1) is 9.83. The van der Waals surface area contributed by atoms with Gasteiger partial charge in [0.05, 0.1) is 16.6 Å². The van der Waals surface area contributed by atoms with E-state index >= 15 is 0 Å². The van der Waals surface area contributed by atoms with Crippen molar-refractivity contribution in [2.24, 2.45) is 5.92 Å². The molecule has 3 nitrogen and oxygen atoms in total. The molecule has 6 heteroatoms. The summed E-state index contributed by atoms with van der Waals surface area (Å²) < 4.78 is 38.3. The number of nitrogens with one attached hydrogen (secondary N) is 2. The van der Waals surface area contributed by atoms with E-state index in [0.717, 1.165) is 37.5 Å². The summed E-state index contributed by atoms with van der Waals surface area (Å²) in [5.74, 6) is 1.15. The molecule has 1 aliphatic rings. The zero-order valence-corrected chi connectivity index (χ0v) is 12.0. The summed E-state index contributed by atoms with van der Waals surface area (Å²) in [6.07, 6.45) is -3.39. The van der Waals surface area contributed by atoms with Crippen LogP contribution >= 0.6 is 0 Å². The predicted octanol–water partition coefficient (Wildman–Crippen LogP) is 3.47. The molecule has 0 saturated carbocycles. The van der Waals surface area contributed by atoms with E-state index < -0.39 is 11.7 Å². The molecule has 114 valence electrons. The third-order valence-electron chi connectivity index (χ3n) is 4.57. The van der Waals surface area contributed by atoms with Crippen molar-refractivity contribution in [3.8, 4) is 0 Å². The Labute approximate surface area is 121 Å². The molecule has 1 atom stereocenters. The molecular weight excluding hydrogens is 279 g/mol. The lowest BCUT2D eigenvalue weighted by Gasteiger charge is -2.30. The quantitative estimate of drug-likeness (QED) is 0.891. The van der Waals surface area contributed by atoms with Gasteiger partial charge in [0.1, 0.15) is 5.82 Å². The molecule has 1 aliphatic heterocycles. The van der Waals surface area contributed by atoms with Crippen molar-refractivity contribution >= 4 is 11.0 Å². The highest BCUT2D eigenvalue weighted by Gasteiger charge is 2.41. The number of aromatic nitrogens is 2. The van der Waals surface area contributed by atoms with Crippen molar-refractivity contribution in [1.82, 2.24) is 15.3 Å². The number of nitrogens with zero attached hydrogens (tertiary/aromatic N) is 1. The lowest BCUT2D eigenvalue weighted by molar-refractivity contribution is -0.137. The lowest BCUT2D eigenvalue weighted by atomic mass is 9.76. The van der Waals surface area contributed by atoms with Gasteiger partial charge in [-0.1, -0.05) is 13.8 Å². The molecule has 0 aliphatic carbocycles. The van der Waals surface area contributed by atoms with Crippen molar-refractivity contribution in [2.45, 2.75) is 31.9 Å². The highest BCUT2D eigenvalue weighted by atomic mass is 19.4. The summed E-state index contributed by atoms with van der Waals surface area (Å²) in [4.78, 5) is 7.67. The number of benzene rings is 1. The van der Waals surface area contributed by atoms with Gasteiger partial charge in [-0.3, -0.25) is 0 Å². The molecule has 2 aromatic rings. The highest BCUT2D eigenvalue weighted by Crippen LogP contribution is 2.38. The maximum absolute atomic E-state index is 12.8. The zero-order chi connectivity index (χ0) is 15.3. The van der Waals surface area contributed by atoms with E-state index in [0.29, 0.717) is 17.0 Å².